The molecule has 1 aliphatic heterocycles. The predicted molar refractivity (Wildman–Crippen MR) is 60.6 cm³/mol. The third-order valence-corrected chi connectivity index (χ3v) is 3.49. The molecule has 1 saturated carbocycles. The van der Waals surface area contributed by atoms with Crippen molar-refractivity contribution >= 4 is 12.1 Å². The van der Waals surface area contributed by atoms with Gasteiger partial charge in [-0.1, -0.05) is 0 Å². The van der Waals surface area contributed by atoms with E-state index in [1.165, 1.54) is 0 Å². The van der Waals surface area contributed by atoms with Crippen molar-refractivity contribution < 1.29 is 19.4 Å². The predicted octanol–water partition coefficient (Wildman–Crippen LogP) is 1.72. The van der Waals surface area contributed by atoms with E-state index in [-0.39, 0.29) is 24.0 Å². The Morgan fingerprint density at radius 2 is 1.94 bits per heavy atom. The molecule has 0 spiro atoms. The molecule has 1 aliphatic carbocycles. The van der Waals surface area contributed by atoms with Gasteiger partial charge in [0.05, 0.1) is 5.92 Å². The van der Waals surface area contributed by atoms with E-state index in [0.29, 0.717) is 13.0 Å². The summed E-state index contributed by atoms with van der Waals surface area (Å²) < 4.78 is 5.31. The normalized spacial score (nSPS) is 31.7. The number of piperidine rings is 1. The lowest BCUT2D eigenvalue weighted by molar-refractivity contribution is -0.143. The summed E-state index contributed by atoms with van der Waals surface area (Å²) in [5.41, 5.74) is -0.495. The van der Waals surface area contributed by atoms with Crippen molar-refractivity contribution in [3.05, 3.63) is 0 Å². The molecule has 3 atom stereocenters. The Balaban J connectivity index is 1.96. The molecule has 1 heterocycles. The molecule has 2 rings (SSSR count). The van der Waals surface area contributed by atoms with Gasteiger partial charge in [-0.3, -0.25) is 4.79 Å². The minimum atomic E-state index is -0.735. The van der Waals surface area contributed by atoms with E-state index in [0.717, 1.165) is 6.42 Å². The van der Waals surface area contributed by atoms with Crippen molar-refractivity contribution in [2.24, 2.45) is 11.8 Å². The lowest BCUT2D eigenvalue weighted by Gasteiger charge is -2.31. The van der Waals surface area contributed by atoms with Crippen LogP contribution in [0.25, 0.3) is 0 Å². The van der Waals surface area contributed by atoms with Gasteiger partial charge >= 0.3 is 12.1 Å². The summed E-state index contributed by atoms with van der Waals surface area (Å²) in [6.07, 6.45) is 1.06. The fourth-order valence-electron chi connectivity index (χ4n) is 2.80. The number of fused-ring (bicyclic) bond motifs is 2. The highest BCUT2D eigenvalue weighted by Crippen LogP contribution is 2.42. The summed E-state index contributed by atoms with van der Waals surface area (Å²) >= 11 is 0. The van der Waals surface area contributed by atoms with Crippen LogP contribution in [-0.2, 0) is 9.53 Å². The van der Waals surface area contributed by atoms with Gasteiger partial charge in [-0.05, 0) is 39.5 Å². The first kappa shape index (κ1) is 12.2. The first-order valence-corrected chi connectivity index (χ1v) is 6.00. The van der Waals surface area contributed by atoms with Gasteiger partial charge in [0.25, 0.3) is 0 Å². The van der Waals surface area contributed by atoms with E-state index in [2.05, 4.69) is 0 Å². The van der Waals surface area contributed by atoms with Gasteiger partial charge in [0.2, 0.25) is 0 Å². The number of carbonyl (C=O) groups is 2. The minimum absolute atomic E-state index is 0.0518. The smallest absolute Gasteiger partial charge is 0.410 e. The molecule has 2 fully saturated rings. The number of hydrogen-bond acceptors (Lipinski definition) is 3. The molecule has 1 amide bonds. The molecule has 0 aromatic heterocycles. The van der Waals surface area contributed by atoms with Crippen LogP contribution in [0.2, 0.25) is 0 Å². The molecule has 1 saturated heterocycles. The van der Waals surface area contributed by atoms with E-state index in [9.17, 15) is 9.59 Å². The largest absolute Gasteiger partial charge is 0.481 e. The first-order chi connectivity index (χ1) is 7.78. The molecule has 17 heavy (non-hydrogen) atoms. The van der Waals surface area contributed by atoms with Gasteiger partial charge in [-0.15, -0.1) is 0 Å². The zero-order chi connectivity index (χ0) is 12.8. The van der Waals surface area contributed by atoms with Crippen LogP contribution in [0.1, 0.15) is 33.6 Å². The van der Waals surface area contributed by atoms with Crippen LogP contribution in [0.5, 0.6) is 0 Å². The zero-order valence-corrected chi connectivity index (χ0v) is 10.5. The molecule has 1 N–H and O–H groups in total. The lowest BCUT2D eigenvalue weighted by atomic mass is 9.95. The van der Waals surface area contributed by atoms with Crippen LogP contribution in [0, 0.1) is 11.8 Å². The second-order valence-electron chi connectivity index (χ2n) is 5.96. The maximum atomic E-state index is 11.9. The Labute approximate surface area is 101 Å². The molecular weight excluding hydrogens is 222 g/mol. The van der Waals surface area contributed by atoms with Gasteiger partial charge < -0.3 is 14.7 Å². The monoisotopic (exact) mass is 241 g/mol. The van der Waals surface area contributed by atoms with E-state index >= 15 is 0 Å². The first-order valence-electron chi connectivity index (χ1n) is 6.00. The number of carbonyl (C=O) groups excluding carboxylic acids is 1. The zero-order valence-electron chi connectivity index (χ0n) is 10.5. The Hall–Kier alpha value is -1.26. The van der Waals surface area contributed by atoms with Crippen LogP contribution >= 0.6 is 0 Å². The molecule has 96 valence electrons. The highest BCUT2D eigenvalue weighted by molar-refractivity contribution is 5.73. The number of likely N-dealkylation sites (tertiary alicyclic amines) is 1. The number of carboxylic acid groups (broad SMARTS) is 1. The van der Waals surface area contributed by atoms with Crippen molar-refractivity contribution in [3.63, 3.8) is 0 Å². The lowest BCUT2D eigenvalue weighted by Crippen LogP contribution is -2.44. The topological polar surface area (TPSA) is 66.8 Å². The van der Waals surface area contributed by atoms with Crippen LogP contribution in [-0.4, -0.2) is 40.3 Å². The standard InChI is InChI=1S/C12H19NO4/c1-12(2,3)17-11(16)13-6-7-4-8(13)5-9(7)10(14)15/h7-9H,4-6H2,1-3H3,(H,14,15)/t7-,8-,9-/m1/s1. The van der Waals surface area contributed by atoms with E-state index in [1.807, 2.05) is 20.8 Å². The van der Waals surface area contributed by atoms with Crippen LogP contribution in [0.3, 0.4) is 0 Å². The molecule has 0 unspecified atom stereocenters. The highest BCUT2D eigenvalue weighted by Gasteiger charge is 2.50. The van der Waals surface area contributed by atoms with Crippen LogP contribution < -0.4 is 0 Å². The number of hydrogen-bond donors (Lipinski definition) is 1. The third kappa shape index (κ3) is 2.37. The third-order valence-electron chi connectivity index (χ3n) is 3.49. The summed E-state index contributed by atoms with van der Waals surface area (Å²) in [6, 6.07) is 0.0518. The van der Waals surface area contributed by atoms with Gasteiger partial charge in [0.15, 0.2) is 0 Å². The van der Waals surface area contributed by atoms with Crippen molar-refractivity contribution in [1.29, 1.82) is 0 Å². The Morgan fingerprint density at radius 3 is 2.35 bits per heavy atom. The van der Waals surface area contributed by atoms with Crippen molar-refractivity contribution in [1.82, 2.24) is 4.90 Å². The second kappa shape index (κ2) is 3.89. The van der Waals surface area contributed by atoms with Crippen molar-refractivity contribution in [3.8, 4) is 0 Å². The quantitative estimate of drug-likeness (QED) is 0.759. The van der Waals surface area contributed by atoms with Crippen molar-refractivity contribution in [2.45, 2.75) is 45.3 Å². The Kier molecular flexibility index (Phi) is 2.79. The van der Waals surface area contributed by atoms with Gasteiger partial charge in [-0.25, -0.2) is 4.79 Å². The van der Waals surface area contributed by atoms with E-state index in [1.54, 1.807) is 4.90 Å². The fourth-order valence-corrected chi connectivity index (χ4v) is 2.80. The number of ether oxygens (including phenoxy) is 1. The van der Waals surface area contributed by atoms with Gasteiger partial charge in [0, 0.05) is 12.6 Å². The van der Waals surface area contributed by atoms with E-state index < -0.39 is 11.6 Å². The molecule has 5 nitrogen and oxygen atoms in total. The summed E-state index contributed by atoms with van der Waals surface area (Å²) in [5.74, 6) is -0.912. The van der Waals surface area contributed by atoms with Crippen molar-refractivity contribution in [2.75, 3.05) is 6.54 Å². The average molecular weight is 241 g/mol. The second-order valence-corrected chi connectivity index (χ2v) is 5.96. The maximum absolute atomic E-state index is 11.9. The Bertz CT molecular complexity index is 347. The average Bonchev–Trinajstić information content (AvgIpc) is 2.72. The Morgan fingerprint density at radius 1 is 1.29 bits per heavy atom. The summed E-state index contributed by atoms with van der Waals surface area (Å²) in [5, 5.41) is 9.01. The molecular formula is C12H19NO4. The maximum Gasteiger partial charge on any atom is 0.410 e. The summed E-state index contributed by atoms with van der Waals surface area (Å²) in [7, 11) is 0. The number of nitrogens with zero attached hydrogens (tertiary/aromatic N) is 1. The number of carboxylic acids is 1. The molecule has 2 bridgehead atoms. The van der Waals surface area contributed by atoms with Gasteiger partial charge in [0.1, 0.15) is 5.60 Å². The highest BCUT2D eigenvalue weighted by atomic mass is 16.6. The molecule has 0 radical (unpaired) electrons. The minimum Gasteiger partial charge on any atom is -0.481 e. The molecule has 0 aromatic rings. The SMILES string of the molecule is CC(C)(C)OC(=O)N1C[C@H]2C[C@@H]1C[C@H]2C(=O)O. The fraction of sp³-hybridized carbons (Fsp3) is 0.833. The molecule has 5 heteroatoms. The summed E-state index contributed by atoms with van der Waals surface area (Å²) in [6.45, 7) is 6.02. The van der Waals surface area contributed by atoms with E-state index in [4.69, 9.17) is 9.84 Å². The number of amides is 1. The molecule has 2 aliphatic rings. The molecule has 0 aromatic carbocycles. The number of rotatable bonds is 1. The van der Waals surface area contributed by atoms with Gasteiger partial charge in [-0.2, -0.15) is 0 Å². The van der Waals surface area contributed by atoms with Crippen LogP contribution in [0.15, 0.2) is 0 Å². The number of aliphatic carboxylic acids is 1. The summed E-state index contributed by atoms with van der Waals surface area (Å²) in [4.78, 5) is 24.5. The van der Waals surface area contributed by atoms with Crippen LogP contribution in [0.4, 0.5) is 4.79 Å².